The van der Waals surface area contributed by atoms with Gasteiger partial charge in [-0.15, -0.1) is 0 Å². The molecule has 2 rings (SSSR count). The molecule has 14 heavy (non-hydrogen) atoms. The normalized spacial score (nSPS) is 14.9. The Bertz CT molecular complexity index is 326. The number of fused-ring (bicyclic) bond motifs is 1. The van der Waals surface area contributed by atoms with E-state index in [4.69, 9.17) is 0 Å². The number of hydrogen-bond donors (Lipinski definition) is 0. The molecule has 0 N–H and O–H groups in total. The molecule has 0 amide bonds. The maximum Gasteiger partial charge on any atom is 0.158 e. The molecule has 2 heterocycles. The van der Waals surface area contributed by atoms with Crippen molar-refractivity contribution < 1.29 is 0 Å². The maximum absolute atomic E-state index is 4.38. The van der Waals surface area contributed by atoms with Gasteiger partial charge in [-0.05, 0) is 26.0 Å². The van der Waals surface area contributed by atoms with Crippen LogP contribution in [0.4, 0.5) is 11.5 Å². The van der Waals surface area contributed by atoms with Crippen LogP contribution in [0.2, 0.25) is 0 Å². The van der Waals surface area contributed by atoms with Crippen LogP contribution in [0.5, 0.6) is 0 Å². The predicted octanol–water partition coefficient (Wildman–Crippen LogP) is 2.22. The minimum absolute atomic E-state index is 0.916. The maximum atomic E-state index is 4.38. The van der Waals surface area contributed by atoms with Crippen molar-refractivity contribution >= 4 is 11.5 Å². The predicted molar refractivity (Wildman–Crippen MR) is 59.4 cm³/mol. The molecule has 3 nitrogen and oxygen atoms in total. The lowest BCUT2D eigenvalue weighted by molar-refractivity contribution is 0.898. The van der Waals surface area contributed by atoms with Crippen LogP contribution in [0.1, 0.15) is 13.8 Å². The Morgan fingerprint density at radius 3 is 2.64 bits per heavy atom. The van der Waals surface area contributed by atoms with Gasteiger partial charge in [-0.3, -0.25) is 0 Å². The third-order valence-electron chi connectivity index (χ3n) is 2.57. The molecule has 1 aliphatic heterocycles. The van der Waals surface area contributed by atoms with Crippen LogP contribution in [-0.2, 0) is 0 Å². The zero-order chi connectivity index (χ0) is 10.1. The highest BCUT2D eigenvalue weighted by Gasteiger charge is 2.28. The van der Waals surface area contributed by atoms with Crippen LogP contribution in [-0.4, -0.2) is 18.1 Å². The molecular formula is C11H15N3. The van der Waals surface area contributed by atoms with Gasteiger partial charge in [0, 0.05) is 19.3 Å². The molecule has 0 atom stereocenters. The smallest absolute Gasteiger partial charge is 0.158 e. The Hall–Kier alpha value is -1.51. The molecular weight excluding hydrogens is 174 g/mol. The molecule has 0 saturated carbocycles. The van der Waals surface area contributed by atoms with E-state index >= 15 is 0 Å². The fourth-order valence-corrected chi connectivity index (χ4v) is 1.90. The molecule has 0 aliphatic carbocycles. The molecule has 74 valence electrons. The summed E-state index contributed by atoms with van der Waals surface area (Å²) < 4.78 is 0. The average molecular weight is 189 g/mol. The van der Waals surface area contributed by atoms with E-state index in [0.29, 0.717) is 0 Å². The van der Waals surface area contributed by atoms with E-state index in [2.05, 4.69) is 41.3 Å². The first-order chi connectivity index (χ1) is 6.79. The van der Waals surface area contributed by atoms with Crippen molar-refractivity contribution in [1.29, 1.82) is 0 Å². The van der Waals surface area contributed by atoms with Crippen LogP contribution >= 0.6 is 0 Å². The second-order valence-electron chi connectivity index (χ2n) is 3.25. The zero-order valence-corrected chi connectivity index (χ0v) is 8.70. The van der Waals surface area contributed by atoms with E-state index in [-0.39, 0.29) is 0 Å². The first kappa shape index (κ1) is 9.06. The first-order valence-electron chi connectivity index (χ1n) is 4.98. The number of hydrogen-bond acceptors (Lipinski definition) is 3. The van der Waals surface area contributed by atoms with Crippen molar-refractivity contribution in [2.45, 2.75) is 13.8 Å². The van der Waals surface area contributed by atoms with Gasteiger partial charge in [0.15, 0.2) is 5.82 Å². The van der Waals surface area contributed by atoms with Gasteiger partial charge >= 0.3 is 0 Å². The van der Waals surface area contributed by atoms with Crippen molar-refractivity contribution in [2.24, 2.45) is 0 Å². The van der Waals surface area contributed by atoms with Crippen molar-refractivity contribution in [2.75, 3.05) is 22.9 Å². The van der Waals surface area contributed by atoms with E-state index in [1.54, 1.807) is 0 Å². The highest BCUT2D eigenvalue weighted by molar-refractivity contribution is 5.78. The third-order valence-corrected chi connectivity index (χ3v) is 2.57. The summed E-state index contributed by atoms with van der Waals surface area (Å²) in [4.78, 5) is 8.71. The summed E-state index contributed by atoms with van der Waals surface area (Å²) in [6.07, 6.45) is 1.83. The summed E-state index contributed by atoms with van der Waals surface area (Å²) in [5.74, 6) is 2.06. The molecule has 1 aromatic heterocycles. The van der Waals surface area contributed by atoms with Gasteiger partial charge in [-0.2, -0.15) is 0 Å². The van der Waals surface area contributed by atoms with E-state index < -0.39 is 0 Å². The highest BCUT2D eigenvalue weighted by Crippen LogP contribution is 2.38. The molecule has 0 radical (unpaired) electrons. The SMILES string of the molecule is C=C1N(CC)c2cccnc2N1CC. The second kappa shape index (κ2) is 3.33. The van der Waals surface area contributed by atoms with Crippen molar-refractivity contribution in [1.82, 2.24) is 4.98 Å². The first-order valence-corrected chi connectivity index (χ1v) is 4.98. The van der Waals surface area contributed by atoms with Crippen molar-refractivity contribution in [3.05, 3.63) is 30.7 Å². The summed E-state index contributed by atoms with van der Waals surface area (Å²) in [6, 6.07) is 4.06. The second-order valence-corrected chi connectivity index (χ2v) is 3.25. The fraction of sp³-hybridized carbons (Fsp3) is 0.364. The molecule has 3 heteroatoms. The summed E-state index contributed by atoms with van der Waals surface area (Å²) >= 11 is 0. The quantitative estimate of drug-likeness (QED) is 0.711. The van der Waals surface area contributed by atoms with Crippen LogP contribution in [0, 0.1) is 0 Å². The van der Waals surface area contributed by atoms with Crippen molar-refractivity contribution in [3.63, 3.8) is 0 Å². The fourth-order valence-electron chi connectivity index (χ4n) is 1.90. The van der Waals surface area contributed by atoms with Crippen molar-refractivity contribution in [3.8, 4) is 0 Å². The van der Waals surface area contributed by atoms with Gasteiger partial charge in [0.2, 0.25) is 0 Å². The molecule has 0 aromatic carbocycles. The van der Waals surface area contributed by atoms with Crippen LogP contribution < -0.4 is 9.80 Å². The average Bonchev–Trinajstić information content (AvgIpc) is 2.49. The van der Waals surface area contributed by atoms with Crippen LogP contribution in [0.15, 0.2) is 30.7 Å². The molecule has 0 saturated heterocycles. The molecule has 0 spiro atoms. The third kappa shape index (κ3) is 1.09. The lowest BCUT2D eigenvalue weighted by atomic mass is 10.3. The molecule has 1 aliphatic rings. The van der Waals surface area contributed by atoms with Crippen LogP contribution in [0.3, 0.4) is 0 Å². The Morgan fingerprint density at radius 2 is 2.00 bits per heavy atom. The largest absolute Gasteiger partial charge is 0.325 e. The molecule has 0 bridgehead atoms. The lowest BCUT2D eigenvalue weighted by Gasteiger charge is -2.20. The Morgan fingerprint density at radius 1 is 1.29 bits per heavy atom. The minimum atomic E-state index is 0.916. The number of anilines is 2. The number of aromatic nitrogens is 1. The molecule has 0 fully saturated rings. The Balaban J connectivity index is 2.50. The van der Waals surface area contributed by atoms with E-state index in [0.717, 1.165) is 24.7 Å². The topological polar surface area (TPSA) is 19.4 Å². The van der Waals surface area contributed by atoms with Gasteiger partial charge in [-0.25, -0.2) is 4.98 Å². The molecule has 0 unspecified atom stereocenters. The van der Waals surface area contributed by atoms with E-state index in [1.165, 1.54) is 5.69 Å². The van der Waals surface area contributed by atoms with Crippen LogP contribution in [0.25, 0.3) is 0 Å². The Kier molecular flexibility index (Phi) is 2.15. The summed E-state index contributed by atoms with van der Waals surface area (Å²) in [7, 11) is 0. The van der Waals surface area contributed by atoms with Gasteiger partial charge in [0.1, 0.15) is 5.82 Å². The van der Waals surface area contributed by atoms with Gasteiger partial charge in [0.05, 0.1) is 5.69 Å². The summed E-state index contributed by atoms with van der Waals surface area (Å²) in [5, 5.41) is 0. The number of nitrogens with zero attached hydrogens (tertiary/aromatic N) is 3. The summed E-state index contributed by atoms with van der Waals surface area (Å²) in [6.45, 7) is 10.2. The van der Waals surface area contributed by atoms with Gasteiger partial charge in [-0.1, -0.05) is 6.58 Å². The van der Waals surface area contributed by atoms with E-state index in [9.17, 15) is 0 Å². The Labute approximate surface area is 84.7 Å². The number of pyridine rings is 1. The van der Waals surface area contributed by atoms with Gasteiger partial charge in [0.25, 0.3) is 0 Å². The molecule has 1 aromatic rings. The zero-order valence-electron chi connectivity index (χ0n) is 8.70. The van der Waals surface area contributed by atoms with Gasteiger partial charge < -0.3 is 9.80 Å². The minimum Gasteiger partial charge on any atom is -0.325 e. The lowest BCUT2D eigenvalue weighted by Crippen LogP contribution is -2.27. The monoisotopic (exact) mass is 189 g/mol. The standard InChI is InChI=1S/C11H15N3/c1-4-13-9(3)14(5-2)11-10(13)7-6-8-12-11/h6-8H,3-5H2,1-2H3. The number of rotatable bonds is 2. The van der Waals surface area contributed by atoms with E-state index in [1.807, 2.05) is 12.3 Å². The highest BCUT2D eigenvalue weighted by atomic mass is 15.4. The summed E-state index contributed by atoms with van der Waals surface area (Å²) in [5.41, 5.74) is 1.17.